The van der Waals surface area contributed by atoms with E-state index < -0.39 is 0 Å². The molecular weight excluding hydrogens is 176 g/mol. The normalized spacial score (nSPS) is 25.0. The summed E-state index contributed by atoms with van der Waals surface area (Å²) in [5, 5.41) is 3.57. The van der Waals surface area contributed by atoms with Crippen LogP contribution in [0.15, 0.2) is 11.3 Å². The number of likely N-dealkylation sites (N-methyl/N-ethyl adjacent to an activating group) is 1. The molecule has 0 amide bonds. The Labute approximate surface area is 86.1 Å². The van der Waals surface area contributed by atoms with Crippen molar-refractivity contribution in [3.63, 3.8) is 0 Å². The lowest BCUT2D eigenvalue weighted by molar-refractivity contribution is -0.0298. The molecule has 0 aromatic rings. The first-order valence-corrected chi connectivity index (χ1v) is 5.44. The maximum absolute atomic E-state index is 5.15. The number of hydrogen-bond acceptors (Lipinski definition) is 3. The molecule has 0 radical (unpaired) electrons. The van der Waals surface area contributed by atoms with Gasteiger partial charge in [0.2, 0.25) is 0 Å². The van der Waals surface area contributed by atoms with Crippen molar-refractivity contribution >= 4 is 0 Å². The van der Waals surface area contributed by atoms with Crippen LogP contribution in [-0.4, -0.2) is 44.8 Å². The molecule has 80 valence electrons. The van der Waals surface area contributed by atoms with Gasteiger partial charge in [0.25, 0.3) is 0 Å². The molecule has 3 heteroatoms. The van der Waals surface area contributed by atoms with E-state index in [4.69, 9.17) is 4.74 Å². The Morgan fingerprint density at radius 3 is 2.86 bits per heavy atom. The average Bonchev–Trinajstić information content (AvgIpc) is 2.05. The Morgan fingerprint density at radius 2 is 2.29 bits per heavy atom. The highest BCUT2D eigenvalue weighted by Crippen LogP contribution is 2.15. The van der Waals surface area contributed by atoms with Crippen molar-refractivity contribution in [2.75, 3.05) is 39.9 Å². The predicted molar refractivity (Wildman–Crippen MR) is 57.1 cm³/mol. The van der Waals surface area contributed by atoms with Crippen LogP contribution in [0.4, 0.5) is 0 Å². The molecule has 0 aliphatic carbocycles. The molecule has 0 spiro atoms. The number of rotatable bonds is 3. The van der Waals surface area contributed by atoms with Crippen LogP contribution in [0.5, 0.6) is 0 Å². The van der Waals surface area contributed by atoms with Crippen molar-refractivity contribution in [2.45, 2.75) is 13.3 Å². The molecule has 14 heavy (non-hydrogen) atoms. The molecule has 1 N–H and O–H groups in total. The van der Waals surface area contributed by atoms with Crippen LogP contribution in [0.3, 0.4) is 0 Å². The Kier molecular flexibility index (Phi) is 3.08. The topological polar surface area (TPSA) is 24.5 Å². The second-order valence-corrected chi connectivity index (χ2v) is 4.53. The molecule has 1 saturated heterocycles. The molecule has 3 nitrogen and oxygen atoms in total. The van der Waals surface area contributed by atoms with E-state index in [2.05, 4.69) is 24.2 Å². The summed E-state index contributed by atoms with van der Waals surface area (Å²) < 4.78 is 5.15. The zero-order chi connectivity index (χ0) is 9.97. The van der Waals surface area contributed by atoms with Crippen molar-refractivity contribution in [3.8, 4) is 0 Å². The van der Waals surface area contributed by atoms with Gasteiger partial charge < -0.3 is 15.0 Å². The minimum absolute atomic E-state index is 0.745. The van der Waals surface area contributed by atoms with Gasteiger partial charge >= 0.3 is 0 Å². The maximum Gasteiger partial charge on any atom is 0.0533 e. The zero-order valence-corrected chi connectivity index (χ0v) is 9.18. The van der Waals surface area contributed by atoms with Gasteiger partial charge in [0.1, 0.15) is 0 Å². The summed E-state index contributed by atoms with van der Waals surface area (Å²) in [5.74, 6) is 0.745. The third-order valence-corrected chi connectivity index (χ3v) is 3.08. The summed E-state index contributed by atoms with van der Waals surface area (Å²) in [5.41, 5.74) is 2.97. The van der Waals surface area contributed by atoms with Gasteiger partial charge in [-0.3, -0.25) is 0 Å². The van der Waals surface area contributed by atoms with Gasteiger partial charge in [0, 0.05) is 31.2 Å². The molecule has 0 bridgehead atoms. The van der Waals surface area contributed by atoms with Crippen LogP contribution in [0.2, 0.25) is 0 Å². The van der Waals surface area contributed by atoms with E-state index >= 15 is 0 Å². The fourth-order valence-corrected chi connectivity index (χ4v) is 2.00. The molecule has 2 aliphatic heterocycles. The lowest BCUT2D eigenvalue weighted by Gasteiger charge is -2.30. The Bertz CT molecular complexity index is 233. The van der Waals surface area contributed by atoms with Crippen molar-refractivity contribution in [1.82, 2.24) is 10.2 Å². The summed E-state index contributed by atoms with van der Waals surface area (Å²) >= 11 is 0. The number of nitrogens with zero attached hydrogens (tertiary/aromatic N) is 1. The van der Waals surface area contributed by atoms with Gasteiger partial charge in [-0.05, 0) is 26.0 Å². The van der Waals surface area contributed by atoms with Crippen LogP contribution < -0.4 is 5.32 Å². The third kappa shape index (κ3) is 2.28. The minimum atomic E-state index is 0.745. The summed E-state index contributed by atoms with van der Waals surface area (Å²) in [7, 11) is 2.18. The van der Waals surface area contributed by atoms with E-state index in [0.29, 0.717) is 0 Å². The van der Waals surface area contributed by atoms with Gasteiger partial charge in [0.05, 0.1) is 13.2 Å². The molecule has 0 saturated carbocycles. The fourth-order valence-electron chi connectivity index (χ4n) is 2.00. The van der Waals surface area contributed by atoms with Crippen molar-refractivity contribution < 1.29 is 4.74 Å². The predicted octanol–water partition coefficient (Wildman–Crippen LogP) is 0.832. The monoisotopic (exact) mass is 196 g/mol. The summed E-state index contributed by atoms with van der Waals surface area (Å²) in [6.07, 6.45) is 1.18. The van der Waals surface area contributed by atoms with E-state index in [-0.39, 0.29) is 0 Å². The Hall–Kier alpha value is -0.540. The van der Waals surface area contributed by atoms with E-state index in [9.17, 15) is 0 Å². The lowest BCUT2D eigenvalue weighted by Crippen LogP contribution is -2.39. The standard InChI is InChI=1S/C11H20N2O/c1-9-6-13(2)4-3-11(9)12-5-10-7-14-8-10/h10,12H,3-8H2,1-2H3. The minimum Gasteiger partial charge on any atom is -0.388 e. The SMILES string of the molecule is CC1=C(NCC2COC2)CCN(C)C1. The second kappa shape index (κ2) is 4.32. The molecule has 0 unspecified atom stereocenters. The summed E-state index contributed by atoms with van der Waals surface area (Å²) in [6, 6.07) is 0. The van der Waals surface area contributed by atoms with Gasteiger partial charge in [-0.15, -0.1) is 0 Å². The van der Waals surface area contributed by atoms with E-state index in [1.165, 1.54) is 24.2 Å². The van der Waals surface area contributed by atoms with Gasteiger partial charge in [-0.2, -0.15) is 0 Å². The second-order valence-electron chi connectivity index (χ2n) is 4.53. The van der Waals surface area contributed by atoms with Crippen molar-refractivity contribution in [1.29, 1.82) is 0 Å². The molecule has 1 fully saturated rings. The Balaban J connectivity index is 1.80. The molecule has 2 rings (SSSR count). The summed E-state index contributed by atoms with van der Waals surface area (Å²) in [4.78, 5) is 2.37. The third-order valence-electron chi connectivity index (χ3n) is 3.08. The largest absolute Gasteiger partial charge is 0.388 e. The van der Waals surface area contributed by atoms with E-state index in [1.54, 1.807) is 0 Å². The Morgan fingerprint density at radius 1 is 1.50 bits per heavy atom. The van der Waals surface area contributed by atoms with Crippen molar-refractivity contribution in [2.24, 2.45) is 5.92 Å². The first-order chi connectivity index (χ1) is 6.75. The smallest absolute Gasteiger partial charge is 0.0533 e. The number of nitrogens with one attached hydrogen (secondary N) is 1. The van der Waals surface area contributed by atoms with E-state index in [0.717, 1.165) is 32.2 Å². The van der Waals surface area contributed by atoms with Gasteiger partial charge in [-0.1, -0.05) is 0 Å². The summed E-state index contributed by atoms with van der Waals surface area (Å²) in [6.45, 7) is 7.51. The molecule has 0 atom stereocenters. The molecule has 2 heterocycles. The first-order valence-electron chi connectivity index (χ1n) is 5.44. The highest BCUT2D eigenvalue weighted by Gasteiger charge is 2.19. The lowest BCUT2D eigenvalue weighted by atomic mass is 10.1. The fraction of sp³-hybridized carbons (Fsp3) is 0.818. The van der Waals surface area contributed by atoms with Crippen LogP contribution in [0.25, 0.3) is 0 Å². The van der Waals surface area contributed by atoms with Crippen LogP contribution in [0.1, 0.15) is 13.3 Å². The van der Waals surface area contributed by atoms with Crippen LogP contribution in [0, 0.1) is 5.92 Å². The van der Waals surface area contributed by atoms with Crippen LogP contribution in [-0.2, 0) is 4.74 Å². The average molecular weight is 196 g/mol. The number of hydrogen-bond donors (Lipinski definition) is 1. The molecule has 2 aliphatic rings. The van der Waals surface area contributed by atoms with Crippen LogP contribution >= 0.6 is 0 Å². The highest BCUT2D eigenvalue weighted by atomic mass is 16.5. The van der Waals surface area contributed by atoms with Gasteiger partial charge in [-0.25, -0.2) is 0 Å². The highest BCUT2D eigenvalue weighted by molar-refractivity contribution is 5.15. The quantitative estimate of drug-likeness (QED) is 0.723. The molecule has 0 aromatic carbocycles. The maximum atomic E-state index is 5.15. The van der Waals surface area contributed by atoms with Crippen molar-refractivity contribution in [3.05, 3.63) is 11.3 Å². The number of ether oxygens (including phenoxy) is 1. The van der Waals surface area contributed by atoms with E-state index in [1.807, 2.05) is 0 Å². The van der Waals surface area contributed by atoms with Gasteiger partial charge in [0.15, 0.2) is 0 Å². The first kappa shape index (κ1) is 9.99. The molecular formula is C11H20N2O. The molecule has 0 aromatic heterocycles. The zero-order valence-electron chi connectivity index (χ0n) is 9.18.